The molecule has 0 radical (unpaired) electrons. The number of halogens is 3. The number of fused-ring (bicyclic) bond motifs is 1. The van der Waals surface area contributed by atoms with E-state index < -0.39 is 17.8 Å². The van der Waals surface area contributed by atoms with Crippen LogP contribution in [0.25, 0.3) is 0 Å². The van der Waals surface area contributed by atoms with Gasteiger partial charge in [0.05, 0.1) is 32.1 Å². The summed E-state index contributed by atoms with van der Waals surface area (Å²) in [6.07, 6.45) is -3.33. The molecule has 4 heterocycles. The number of ether oxygens (including phenoxy) is 2. The molecule has 2 aromatic rings. The van der Waals surface area contributed by atoms with Gasteiger partial charge in [-0.25, -0.2) is 4.98 Å². The average molecular weight is 425 g/mol. The Bertz CT molecular complexity index is 981. The average Bonchev–Trinajstić information content (AvgIpc) is 2.72. The summed E-state index contributed by atoms with van der Waals surface area (Å²) in [6, 6.07) is 2.46. The molecule has 2 aliphatic rings. The van der Waals surface area contributed by atoms with Crippen LogP contribution in [0.5, 0.6) is 5.88 Å². The number of hydrogen-bond donors (Lipinski definition) is 0. The molecule has 4 rings (SSSR count). The summed E-state index contributed by atoms with van der Waals surface area (Å²) in [5, 5.41) is 0. The van der Waals surface area contributed by atoms with Crippen LogP contribution in [0.4, 0.5) is 30.6 Å². The third-order valence-electron chi connectivity index (χ3n) is 5.38. The van der Waals surface area contributed by atoms with Crippen molar-refractivity contribution in [3.05, 3.63) is 34.7 Å². The van der Waals surface area contributed by atoms with Gasteiger partial charge in [0.15, 0.2) is 0 Å². The lowest BCUT2D eigenvalue weighted by Gasteiger charge is -2.39. The molecular weight excluding hydrogens is 403 g/mol. The fourth-order valence-corrected chi connectivity index (χ4v) is 3.88. The molecule has 162 valence electrons. The van der Waals surface area contributed by atoms with E-state index >= 15 is 0 Å². The number of anilines is 3. The SMILES string of the molecule is COc1cc(N2CCC(C(F)(F)F)n3c2nc(N2CCOCC2C)cc3=O)ccn1. The van der Waals surface area contributed by atoms with E-state index in [0.29, 0.717) is 37.1 Å². The molecule has 0 bridgehead atoms. The lowest BCUT2D eigenvalue weighted by Crippen LogP contribution is -2.47. The number of pyridine rings is 1. The smallest absolute Gasteiger partial charge is 0.409 e. The zero-order valence-electron chi connectivity index (χ0n) is 16.6. The quantitative estimate of drug-likeness (QED) is 0.748. The van der Waals surface area contributed by atoms with Crippen LogP contribution in [0.2, 0.25) is 0 Å². The number of aromatic nitrogens is 3. The normalized spacial score (nSPS) is 22.0. The van der Waals surface area contributed by atoms with Gasteiger partial charge in [0.2, 0.25) is 11.8 Å². The van der Waals surface area contributed by atoms with Crippen molar-refractivity contribution in [2.45, 2.75) is 31.6 Å². The van der Waals surface area contributed by atoms with Crippen molar-refractivity contribution in [1.82, 2.24) is 14.5 Å². The van der Waals surface area contributed by atoms with E-state index in [1.807, 2.05) is 11.8 Å². The maximum absolute atomic E-state index is 13.7. The molecule has 0 N–H and O–H groups in total. The molecule has 2 unspecified atom stereocenters. The maximum Gasteiger partial charge on any atom is 0.409 e. The van der Waals surface area contributed by atoms with Gasteiger partial charge in [-0.2, -0.15) is 18.2 Å². The van der Waals surface area contributed by atoms with Gasteiger partial charge in [-0.1, -0.05) is 0 Å². The van der Waals surface area contributed by atoms with Crippen molar-refractivity contribution in [2.75, 3.05) is 43.2 Å². The van der Waals surface area contributed by atoms with Crippen molar-refractivity contribution < 1.29 is 22.6 Å². The number of morpholine rings is 1. The fourth-order valence-electron chi connectivity index (χ4n) is 3.88. The van der Waals surface area contributed by atoms with Crippen LogP contribution in [0.1, 0.15) is 19.4 Å². The largest absolute Gasteiger partial charge is 0.481 e. The van der Waals surface area contributed by atoms with E-state index in [0.717, 1.165) is 4.57 Å². The monoisotopic (exact) mass is 425 g/mol. The number of alkyl halides is 3. The molecule has 30 heavy (non-hydrogen) atoms. The van der Waals surface area contributed by atoms with Crippen molar-refractivity contribution in [2.24, 2.45) is 0 Å². The van der Waals surface area contributed by atoms with Gasteiger partial charge < -0.3 is 19.3 Å². The first kappa shape index (κ1) is 20.5. The topological polar surface area (TPSA) is 72.7 Å². The third-order valence-corrected chi connectivity index (χ3v) is 5.38. The van der Waals surface area contributed by atoms with Crippen LogP contribution in [0, 0.1) is 0 Å². The predicted octanol–water partition coefficient (Wildman–Crippen LogP) is 2.52. The minimum atomic E-state index is -4.56. The third kappa shape index (κ3) is 3.69. The Morgan fingerprint density at radius 1 is 1.27 bits per heavy atom. The Labute approximate surface area is 170 Å². The second-order valence-electron chi connectivity index (χ2n) is 7.29. The van der Waals surface area contributed by atoms with Crippen molar-refractivity contribution >= 4 is 17.5 Å². The highest BCUT2D eigenvalue weighted by Gasteiger charge is 2.46. The molecule has 2 atom stereocenters. The first-order chi connectivity index (χ1) is 14.3. The van der Waals surface area contributed by atoms with E-state index in [2.05, 4.69) is 9.97 Å². The molecule has 0 aromatic carbocycles. The number of hydrogen-bond acceptors (Lipinski definition) is 7. The number of nitrogens with zero attached hydrogens (tertiary/aromatic N) is 5. The van der Waals surface area contributed by atoms with Gasteiger partial charge in [0.1, 0.15) is 11.9 Å². The zero-order chi connectivity index (χ0) is 21.5. The highest BCUT2D eigenvalue weighted by Crippen LogP contribution is 2.40. The Hall–Kier alpha value is -2.82. The first-order valence-electron chi connectivity index (χ1n) is 9.62. The maximum atomic E-state index is 13.7. The van der Waals surface area contributed by atoms with Gasteiger partial charge in [-0.15, -0.1) is 0 Å². The molecular formula is C19H22F3N5O3. The second-order valence-corrected chi connectivity index (χ2v) is 7.29. The minimum Gasteiger partial charge on any atom is -0.481 e. The molecule has 2 aliphatic heterocycles. The summed E-state index contributed by atoms with van der Waals surface area (Å²) in [5.41, 5.74) is -0.183. The molecule has 8 nitrogen and oxygen atoms in total. The van der Waals surface area contributed by atoms with Crippen LogP contribution in [-0.4, -0.2) is 60.2 Å². The van der Waals surface area contributed by atoms with Gasteiger partial charge in [-0.05, 0) is 19.4 Å². The molecule has 1 saturated heterocycles. The van der Waals surface area contributed by atoms with Crippen LogP contribution in [0.3, 0.4) is 0 Å². The molecule has 11 heteroatoms. The summed E-state index contributed by atoms with van der Waals surface area (Å²) >= 11 is 0. The number of methoxy groups -OCH3 is 1. The molecule has 0 amide bonds. The Morgan fingerprint density at radius 2 is 2.07 bits per heavy atom. The van der Waals surface area contributed by atoms with E-state index in [-0.39, 0.29) is 25.0 Å². The van der Waals surface area contributed by atoms with E-state index in [1.54, 1.807) is 17.0 Å². The predicted molar refractivity (Wildman–Crippen MR) is 104 cm³/mol. The standard InChI is InChI=1S/C19H22F3N5O3/c1-12-11-30-8-7-25(12)15-10-17(28)27-14(19(20,21)22)4-6-26(18(27)24-15)13-3-5-23-16(9-13)29-2/h3,5,9-10,12,14H,4,6-8,11H2,1-2H3. The van der Waals surface area contributed by atoms with Crippen LogP contribution < -0.4 is 20.1 Å². The second kappa shape index (κ2) is 7.78. The fraction of sp³-hybridized carbons (Fsp3) is 0.526. The van der Waals surface area contributed by atoms with Gasteiger partial charge >= 0.3 is 6.18 Å². The summed E-state index contributed by atoms with van der Waals surface area (Å²) in [5.74, 6) is 0.617. The van der Waals surface area contributed by atoms with Crippen LogP contribution in [0.15, 0.2) is 29.2 Å². The first-order valence-corrected chi connectivity index (χ1v) is 9.62. The highest BCUT2D eigenvalue weighted by molar-refractivity contribution is 5.61. The van der Waals surface area contributed by atoms with Crippen LogP contribution >= 0.6 is 0 Å². The number of rotatable bonds is 3. The summed E-state index contributed by atoms with van der Waals surface area (Å²) in [6.45, 7) is 3.38. The van der Waals surface area contributed by atoms with Crippen molar-refractivity contribution in [3.63, 3.8) is 0 Å². The van der Waals surface area contributed by atoms with E-state index in [1.165, 1.54) is 19.4 Å². The lowest BCUT2D eigenvalue weighted by atomic mass is 10.1. The molecule has 2 aromatic heterocycles. The lowest BCUT2D eigenvalue weighted by molar-refractivity contribution is -0.170. The summed E-state index contributed by atoms with van der Waals surface area (Å²) < 4.78 is 52.4. The van der Waals surface area contributed by atoms with Crippen molar-refractivity contribution in [1.29, 1.82) is 0 Å². The van der Waals surface area contributed by atoms with Crippen LogP contribution in [-0.2, 0) is 4.74 Å². The molecule has 0 aliphatic carbocycles. The summed E-state index contributed by atoms with van der Waals surface area (Å²) in [7, 11) is 1.45. The van der Waals surface area contributed by atoms with Crippen molar-refractivity contribution in [3.8, 4) is 5.88 Å². The summed E-state index contributed by atoms with van der Waals surface area (Å²) in [4.78, 5) is 24.9. The van der Waals surface area contributed by atoms with E-state index in [4.69, 9.17) is 9.47 Å². The molecule has 1 fully saturated rings. The van der Waals surface area contributed by atoms with Gasteiger partial charge in [0, 0.05) is 31.4 Å². The zero-order valence-corrected chi connectivity index (χ0v) is 16.6. The molecule has 0 spiro atoms. The Kier molecular flexibility index (Phi) is 5.31. The minimum absolute atomic E-state index is 0.0435. The van der Waals surface area contributed by atoms with Gasteiger partial charge in [0.25, 0.3) is 5.56 Å². The Morgan fingerprint density at radius 3 is 2.77 bits per heavy atom. The molecule has 0 saturated carbocycles. The van der Waals surface area contributed by atoms with Gasteiger partial charge in [-0.3, -0.25) is 9.36 Å². The van der Waals surface area contributed by atoms with E-state index in [9.17, 15) is 18.0 Å². The Balaban J connectivity index is 1.86. The highest BCUT2D eigenvalue weighted by atomic mass is 19.4.